The van der Waals surface area contributed by atoms with Gasteiger partial charge in [0, 0.05) is 5.56 Å². The first-order chi connectivity index (χ1) is 11.5. The van der Waals surface area contributed by atoms with Crippen LogP contribution in [0, 0.1) is 12.7 Å². The summed E-state index contributed by atoms with van der Waals surface area (Å²) in [6, 6.07) is 11.3. The number of carbonyl (C=O) groups is 2. The molecule has 0 atom stereocenters. The van der Waals surface area contributed by atoms with Crippen molar-refractivity contribution in [2.45, 2.75) is 13.5 Å². The Bertz CT molecular complexity index is 1000. The van der Waals surface area contributed by atoms with E-state index in [9.17, 15) is 14.0 Å². The number of carboxylic acids is 1. The van der Waals surface area contributed by atoms with E-state index in [0.717, 1.165) is 16.9 Å². The third-order valence-electron chi connectivity index (χ3n) is 3.45. The second-order valence-electron chi connectivity index (χ2n) is 5.24. The van der Waals surface area contributed by atoms with Crippen molar-refractivity contribution in [3.8, 4) is 0 Å². The van der Waals surface area contributed by atoms with E-state index in [1.54, 1.807) is 30.3 Å². The van der Waals surface area contributed by atoms with Gasteiger partial charge in [0.05, 0.1) is 10.2 Å². The van der Waals surface area contributed by atoms with Crippen molar-refractivity contribution in [2.75, 3.05) is 0 Å². The number of hydrogen-bond donors (Lipinski definition) is 1. The molecule has 0 spiro atoms. The Kier molecular flexibility index (Phi) is 4.26. The van der Waals surface area contributed by atoms with Crippen LogP contribution < -0.4 is 4.80 Å². The number of rotatable bonds is 3. The maximum atomic E-state index is 13.9. The molecule has 0 bridgehead atoms. The number of aliphatic carboxylic acids is 1. The van der Waals surface area contributed by atoms with Crippen LogP contribution in [0.1, 0.15) is 15.9 Å². The SMILES string of the molecule is Cc1ccc(C(=O)N=c2sc3c(F)cccc3n2CC(=O)O)cc1. The fourth-order valence-corrected chi connectivity index (χ4v) is 3.31. The second-order valence-corrected chi connectivity index (χ2v) is 6.21. The van der Waals surface area contributed by atoms with E-state index in [2.05, 4.69) is 4.99 Å². The molecule has 1 N–H and O–H groups in total. The number of benzene rings is 2. The topological polar surface area (TPSA) is 71.7 Å². The highest BCUT2D eigenvalue weighted by Crippen LogP contribution is 2.20. The standard InChI is InChI=1S/C17H13FN2O3S/c1-10-5-7-11(8-6-10)16(23)19-17-20(9-14(21)22)13-4-2-3-12(18)15(13)24-17/h2-8H,9H2,1H3,(H,21,22). The lowest BCUT2D eigenvalue weighted by Crippen LogP contribution is -2.21. The molecule has 122 valence electrons. The lowest BCUT2D eigenvalue weighted by molar-refractivity contribution is -0.137. The molecule has 3 aromatic rings. The zero-order chi connectivity index (χ0) is 17.3. The van der Waals surface area contributed by atoms with E-state index in [1.165, 1.54) is 16.7 Å². The van der Waals surface area contributed by atoms with Gasteiger partial charge in [0.1, 0.15) is 12.4 Å². The lowest BCUT2D eigenvalue weighted by Gasteiger charge is -2.01. The van der Waals surface area contributed by atoms with Crippen LogP contribution in [0.2, 0.25) is 0 Å². The Hall–Kier alpha value is -2.80. The highest BCUT2D eigenvalue weighted by atomic mass is 32.1. The molecular weight excluding hydrogens is 331 g/mol. The normalized spacial score (nSPS) is 11.8. The summed E-state index contributed by atoms with van der Waals surface area (Å²) in [6.45, 7) is 1.50. The van der Waals surface area contributed by atoms with Crippen LogP contribution >= 0.6 is 11.3 Å². The van der Waals surface area contributed by atoms with E-state index in [0.29, 0.717) is 11.1 Å². The quantitative estimate of drug-likeness (QED) is 0.794. The van der Waals surface area contributed by atoms with E-state index in [-0.39, 0.29) is 9.50 Å². The predicted octanol–water partition coefficient (Wildman–Crippen LogP) is 2.98. The maximum Gasteiger partial charge on any atom is 0.323 e. The average molecular weight is 344 g/mol. The number of thiazole rings is 1. The minimum absolute atomic E-state index is 0.156. The molecule has 0 saturated carbocycles. The largest absolute Gasteiger partial charge is 0.480 e. The van der Waals surface area contributed by atoms with Crippen molar-refractivity contribution in [2.24, 2.45) is 4.99 Å². The van der Waals surface area contributed by atoms with Gasteiger partial charge in [-0.1, -0.05) is 35.1 Å². The van der Waals surface area contributed by atoms with E-state index >= 15 is 0 Å². The minimum Gasteiger partial charge on any atom is -0.480 e. The predicted molar refractivity (Wildman–Crippen MR) is 88.5 cm³/mol. The lowest BCUT2D eigenvalue weighted by atomic mass is 10.1. The van der Waals surface area contributed by atoms with Crippen LogP contribution in [0.4, 0.5) is 4.39 Å². The summed E-state index contributed by atoms with van der Waals surface area (Å²) in [4.78, 5) is 27.6. The monoisotopic (exact) mass is 344 g/mol. The molecule has 0 aliphatic rings. The van der Waals surface area contributed by atoms with Crippen molar-refractivity contribution < 1.29 is 19.1 Å². The maximum absolute atomic E-state index is 13.9. The molecule has 0 fully saturated rings. The number of carbonyl (C=O) groups excluding carboxylic acids is 1. The molecule has 24 heavy (non-hydrogen) atoms. The number of carboxylic acid groups (broad SMARTS) is 1. The van der Waals surface area contributed by atoms with Gasteiger partial charge >= 0.3 is 5.97 Å². The van der Waals surface area contributed by atoms with Crippen molar-refractivity contribution in [3.63, 3.8) is 0 Å². The van der Waals surface area contributed by atoms with Gasteiger partial charge in [-0.15, -0.1) is 0 Å². The Morgan fingerprint density at radius 2 is 1.92 bits per heavy atom. The summed E-state index contributed by atoms with van der Waals surface area (Å²) in [5.74, 6) is -2.06. The molecule has 1 heterocycles. The zero-order valence-corrected chi connectivity index (χ0v) is 13.5. The number of hydrogen-bond acceptors (Lipinski definition) is 3. The molecular formula is C17H13FN2O3S. The molecule has 0 aliphatic carbocycles. The van der Waals surface area contributed by atoms with Crippen LogP contribution in [-0.4, -0.2) is 21.6 Å². The van der Waals surface area contributed by atoms with Gasteiger partial charge in [0.25, 0.3) is 5.91 Å². The van der Waals surface area contributed by atoms with Gasteiger partial charge in [-0.3, -0.25) is 9.59 Å². The van der Waals surface area contributed by atoms with Gasteiger partial charge in [0.15, 0.2) is 4.80 Å². The number of fused-ring (bicyclic) bond motifs is 1. The highest BCUT2D eigenvalue weighted by Gasteiger charge is 2.13. The van der Waals surface area contributed by atoms with Gasteiger partial charge < -0.3 is 9.67 Å². The highest BCUT2D eigenvalue weighted by molar-refractivity contribution is 7.16. The number of nitrogens with zero attached hydrogens (tertiary/aromatic N) is 2. The van der Waals surface area contributed by atoms with Gasteiger partial charge in [-0.05, 0) is 31.2 Å². The smallest absolute Gasteiger partial charge is 0.323 e. The van der Waals surface area contributed by atoms with Crippen LogP contribution in [0.25, 0.3) is 10.2 Å². The fourth-order valence-electron chi connectivity index (χ4n) is 2.28. The fraction of sp³-hybridized carbons (Fsp3) is 0.118. The number of halogens is 1. The molecule has 7 heteroatoms. The Balaban J connectivity index is 2.16. The molecule has 5 nitrogen and oxygen atoms in total. The Labute approximate surface area is 140 Å². The first-order valence-corrected chi connectivity index (χ1v) is 7.93. The van der Waals surface area contributed by atoms with Gasteiger partial charge in [-0.2, -0.15) is 4.99 Å². The van der Waals surface area contributed by atoms with Crippen LogP contribution in [0.5, 0.6) is 0 Å². The molecule has 1 aromatic heterocycles. The summed E-state index contributed by atoms with van der Waals surface area (Å²) < 4.78 is 15.5. The summed E-state index contributed by atoms with van der Waals surface area (Å²) in [6.07, 6.45) is 0. The molecule has 1 amide bonds. The molecule has 0 saturated heterocycles. The number of aryl methyl sites for hydroxylation is 1. The van der Waals surface area contributed by atoms with E-state index in [4.69, 9.17) is 5.11 Å². The van der Waals surface area contributed by atoms with Crippen molar-refractivity contribution in [3.05, 3.63) is 64.2 Å². The van der Waals surface area contributed by atoms with E-state index in [1.807, 2.05) is 6.92 Å². The Morgan fingerprint density at radius 3 is 2.58 bits per heavy atom. The third kappa shape index (κ3) is 3.11. The average Bonchev–Trinajstić information content (AvgIpc) is 2.87. The van der Waals surface area contributed by atoms with Crippen molar-refractivity contribution in [1.82, 2.24) is 4.57 Å². The van der Waals surface area contributed by atoms with Gasteiger partial charge in [0.2, 0.25) is 0 Å². The summed E-state index contributed by atoms with van der Waals surface area (Å²) >= 11 is 0.956. The van der Waals surface area contributed by atoms with Crippen LogP contribution in [0.15, 0.2) is 47.5 Å². The van der Waals surface area contributed by atoms with Gasteiger partial charge in [-0.25, -0.2) is 4.39 Å². The summed E-state index contributed by atoms with van der Waals surface area (Å²) in [5, 5.41) is 9.08. The first-order valence-electron chi connectivity index (χ1n) is 7.11. The molecule has 2 aromatic carbocycles. The van der Waals surface area contributed by atoms with Crippen LogP contribution in [0.3, 0.4) is 0 Å². The van der Waals surface area contributed by atoms with Crippen molar-refractivity contribution in [1.29, 1.82) is 0 Å². The second kappa shape index (κ2) is 6.37. The zero-order valence-electron chi connectivity index (χ0n) is 12.7. The first kappa shape index (κ1) is 16.1. The summed E-state index contributed by atoms with van der Waals surface area (Å²) in [5.41, 5.74) is 1.80. The Morgan fingerprint density at radius 1 is 1.21 bits per heavy atom. The molecule has 0 aliphatic heterocycles. The third-order valence-corrected chi connectivity index (χ3v) is 4.55. The number of amides is 1. The summed E-state index contributed by atoms with van der Waals surface area (Å²) in [7, 11) is 0. The molecule has 3 rings (SSSR count). The molecule has 0 unspecified atom stereocenters. The van der Waals surface area contributed by atoms with E-state index < -0.39 is 24.2 Å². The molecule has 0 radical (unpaired) electrons. The number of aromatic nitrogens is 1. The van der Waals surface area contributed by atoms with Crippen molar-refractivity contribution >= 4 is 33.4 Å². The van der Waals surface area contributed by atoms with Crippen LogP contribution in [-0.2, 0) is 11.3 Å². The minimum atomic E-state index is -1.09.